The second-order valence-electron chi connectivity index (χ2n) is 7.53. The molecule has 0 radical (unpaired) electrons. The van der Waals surface area contributed by atoms with Gasteiger partial charge in [-0.1, -0.05) is 17.7 Å². The van der Waals surface area contributed by atoms with Gasteiger partial charge in [-0.15, -0.1) is 0 Å². The summed E-state index contributed by atoms with van der Waals surface area (Å²) in [6.07, 6.45) is 3.54. The smallest absolute Gasteiger partial charge is 0.254 e. The summed E-state index contributed by atoms with van der Waals surface area (Å²) < 4.78 is 11.1. The summed E-state index contributed by atoms with van der Waals surface area (Å²) in [4.78, 5) is 29.5. The molecule has 2 aromatic rings. The maximum atomic E-state index is 13.2. The monoisotopic (exact) mass is 418 g/mol. The molecule has 2 amide bonds. The Bertz CT molecular complexity index is 816. The van der Waals surface area contributed by atoms with Crippen molar-refractivity contribution in [3.8, 4) is 0 Å². The van der Waals surface area contributed by atoms with Crippen LogP contribution < -0.4 is 0 Å². The van der Waals surface area contributed by atoms with Crippen LogP contribution in [0.2, 0.25) is 5.02 Å². The number of hydrogen-bond donors (Lipinski definition) is 0. The molecule has 1 atom stereocenters. The van der Waals surface area contributed by atoms with Gasteiger partial charge in [0.15, 0.2) is 0 Å². The first-order valence-electron chi connectivity index (χ1n) is 9.92. The van der Waals surface area contributed by atoms with E-state index in [-0.39, 0.29) is 30.5 Å². The minimum atomic E-state index is -0.217. The summed E-state index contributed by atoms with van der Waals surface area (Å²) in [7, 11) is 0. The summed E-state index contributed by atoms with van der Waals surface area (Å²) >= 11 is 6.03. The number of halogens is 1. The molecule has 1 aromatic carbocycles. The van der Waals surface area contributed by atoms with Crippen LogP contribution in [0.5, 0.6) is 0 Å². The van der Waals surface area contributed by atoms with Crippen LogP contribution in [0, 0.1) is 0 Å². The topological polar surface area (TPSA) is 63.0 Å². The Labute approximate surface area is 176 Å². The molecule has 156 valence electrons. The Morgan fingerprint density at radius 3 is 2.69 bits per heavy atom. The lowest BCUT2D eigenvalue weighted by atomic mass is 10.1. The fourth-order valence-corrected chi connectivity index (χ4v) is 3.59. The zero-order chi connectivity index (χ0) is 20.8. The van der Waals surface area contributed by atoms with E-state index in [0.717, 1.165) is 19.4 Å². The Balaban J connectivity index is 1.74. The van der Waals surface area contributed by atoms with Gasteiger partial charge in [0.1, 0.15) is 12.3 Å². The highest BCUT2D eigenvalue weighted by Gasteiger charge is 2.28. The minimum Gasteiger partial charge on any atom is -0.467 e. The SMILES string of the molecule is CC(C)N(CC(=O)N(Cc1ccco1)C[C@@H]1CCCO1)C(=O)c1cccc(Cl)c1. The first-order valence-corrected chi connectivity index (χ1v) is 10.3. The van der Waals surface area contributed by atoms with E-state index < -0.39 is 0 Å². The van der Waals surface area contributed by atoms with E-state index in [1.165, 1.54) is 0 Å². The van der Waals surface area contributed by atoms with Crippen molar-refractivity contribution in [2.45, 2.75) is 45.4 Å². The van der Waals surface area contributed by atoms with Crippen molar-refractivity contribution in [3.63, 3.8) is 0 Å². The van der Waals surface area contributed by atoms with Gasteiger partial charge in [0.05, 0.1) is 18.9 Å². The number of furan rings is 1. The first kappa shape index (κ1) is 21.4. The molecule has 0 saturated carbocycles. The minimum absolute atomic E-state index is 0.0174. The molecule has 0 aliphatic carbocycles. The van der Waals surface area contributed by atoms with Crippen molar-refractivity contribution < 1.29 is 18.7 Å². The third-order valence-corrected chi connectivity index (χ3v) is 5.22. The van der Waals surface area contributed by atoms with E-state index in [1.807, 2.05) is 19.9 Å². The molecule has 2 heterocycles. The Morgan fingerprint density at radius 2 is 2.07 bits per heavy atom. The van der Waals surface area contributed by atoms with E-state index in [2.05, 4.69) is 0 Å². The summed E-state index contributed by atoms with van der Waals surface area (Å²) in [5.41, 5.74) is 0.468. The van der Waals surface area contributed by atoms with Crippen LogP contribution in [0.15, 0.2) is 47.1 Å². The van der Waals surface area contributed by atoms with Gasteiger partial charge in [-0.2, -0.15) is 0 Å². The fraction of sp³-hybridized carbons (Fsp3) is 0.455. The highest BCUT2D eigenvalue weighted by molar-refractivity contribution is 6.31. The Morgan fingerprint density at radius 1 is 1.24 bits per heavy atom. The molecule has 7 heteroatoms. The highest BCUT2D eigenvalue weighted by Crippen LogP contribution is 2.18. The van der Waals surface area contributed by atoms with Gasteiger partial charge in [0.2, 0.25) is 5.91 Å². The lowest BCUT2D eigenvalue weighted by Crippen LogP contribution is -2.47. The summed E-state index contributed by atoms with van der Waals surface area (Å²) in [6, 6.07) is 10.3. The Kier molecular flexibility index (Phi) is 7.34. The molecule has 1 fully saturated rings. The molecule has 3 rings (SSSR count). The van der Waals surface area contributed by atoms with Crippen LogP contribution in [0.4, 0.5) is 0 Å². The summed E-state index contributed by atoms with van der Waals surface area (Å²) in [5.74, 6) is 0.348. The second kappa shape index (κ2) is 9.94. The molecule has 0 bridgehead atoms. The highest BCUT2D eigenvalue weighted by atomic mass is 35.5. The van der Waals surface area contributed by atoms with Gasteiger partial charge < -0.3 is 19.0 Å². The number of carbonyl (C=O) groups excluding carboxylic acids is 2. The van der Waals surface area contributed by atoms with Crippen LogP contribution in [0.1, 0.15) is 42.8 Å². The average molecular weight is 419 g/mol. The molecule has 0 spiro atoms. The number of nitrogens with zero attached hydrogens (tertiary/aromatic N) is 2. The lowest BCUT2D eigenvalue weighted by Gasteiger charge is -2.31. The molecule has 6 nitrogen and oxygen atoms in total. The molecule has 1 aliphatic rings. The van der Waals surface area contributed by atoms with Crippen LogP contribution in [0.25, 0.3) is 0 Å². The van der Waals surface area contributed by atoms with E-state index in [1.54, 1.807) is 46.4 Å². The molecule has 0 N–H and O–H groups in total. The van der Waals surface area contributed by atoms with Crippen LogP contribution in [-0.4, -0.2) is 53.5 Å². The average Bonchev–Trinajstić information content (AvgIpc) is 3.39. The van der Waals surface area contributed by atoms with Crippen molar-refractivity contribution in [2.75, 3.05) is 19.7 Å². The zero-order valence-corrected chi connectivity index (χ0v) is 17.6. The fourth-order valence-electron chi connectivity index (χ4n) is 3.40. The molecule has 0 unspecified atom stereocenters. The third-order valence-electron chi connectivity index (χ3n) is 4.99. The predicted molar refractivity (Wildman–Crippen MR) is 111 cm³/mol. The van der Waals surface area contributed by atoms with E-state index in [4.69, 9.17) is 20.8 Å². The van der Waals surface area contributed by atoms with Gasteiger partial charge in [-0.3, -0.25) is 9.59 Å². The number of ether oxygens (including phenoxy) is 1. The molecule has 1 aliphatic heterocycles. The van der Waals surface area contributed by atoms with E-state index >= 15 is 0 Å². The predicted octanol–water partition coefficient (Wildman–Crippen LogP) is 3.99. The molecular formula is C22H27ClN2O4. The van der Waals surface area contributed by atoms with Crippen molar-refractivity contribution >= 4 is 23.4 Å². The lowest BCUT2D eigenvalue weighted by molar-refractivity contribution is -0.134. The molecule has 1 saturated heterocycles. The molecule has 29 heavy (non-hydrogen) atoms. The van der Waals surface area contributed by atoms with Crippen LogP contribution in [-0.2, 0) is 16.1 Å². The van der Waals surface area contributed by atoms with Crippen molar-refractivity contribution in [1.82, 2.24) is 9.80 Å². The van der Waals surface area contributed by atoms with Crippen molar-refractivity contribution in [2.24, 2.45) is 0 Å². The van der Waals surface area contributed by atoms with Gasteiger partial charge in [0, 0.05) is 29.8 Å². The molecule has 1 aromatic heterocycles. The van der Waals surface area contributed by atoms with E-state index in [0.29, 0.717) is 29.4 Å². The quantitative estimate of drug-likeness (QED) is 0.650. The summed E-state index contributed by atoms with van der Waals surface area (Å²) in [6.45, 7) is 5.33. The number of carbonyl (C=O) groups is 2. The Hall–Kier alpha value is -2.31. The van der Waals surface area contributed by atoms with Crippen molar-refractivity contribution in [1.29, 1.82) is 0 Å². The molecular weight excluding hydrogens is 392 g/mol. The maximum Gasteiger partial charge on any atom is 0.254 e. The second-order valence-corrected chi connectivity index (χ2v) is 7.96. The number of hydrogen-bond acceptors (Lipinski definition) is 4. The number of benzene rings is 1. The van der Waals surface area contributed by atoms with Crippen LogP contribution >= 0.6 is 11.6 Å². The third kappa shape index (κ3) is 5.84. The normalized spacial score (nSPS) is 16.2. The largest absolute Gasteiger partial charge is 0.467 e. The van der Waals surface area contributed by atoms with Gasteiger partial charge in [0.25, 0.3) is 5.91 Å². The summed E-state index contributed by atoms with van der Waals surface area (Å²) in [5, 5.41) is 0.490. The van der Waals surface area contributed by atoms with E-state index in [9.17, 15) is 9.59 Å². The van der Waals surface area contributed by atoms with Crippen molar-refractivity contribution in [3.05, 3.63) is 59.0 Å². The zero-order valence-electron chi connectivity index (χ0n) is 16.8. The first-order chi connectivity index (χ1) is 13.9. The maximum absolute atomic E-state index is 13.2. The van der Waals surface area contributed by atoms with Gasteiger partial charge >= 0.3 is 0 Å². The van der Waals surface area contributed by atoms with Gasteiger partial charge in [-0.25, -0.2) is 0 Å². The standard InChI is InChI=1S/C22H27ClN2O4/c1-16(2)25(22(27)17-6-3-7-18(23)12-17)15-21(26)24(13-19-8-4-10-28-19)14-20-9-5-11-29-20/h3-4,6-8,10,12,16,20H,5,9,11,13-15H2,1-2H3/t20-/m0/s1. The van der Waals surface area contributed by atoms with Crippen LogP contribution in [0.3, 0.4) is 0 Å². The van der Waals surface area contributed by atoms with Gasteiger partial charge in [-0.05, 0) is 57.0 Å². The number of rotatable bonds is 8. The number of amides is 2.